The third kappa shape index (κ3) is 7.22. The zero-order chi connectivity index (χ0) is 40.5. The van der Waals surface area contributed by atoms with E-state index >= 15 is 0 Å². The molecule has 2 N–H and O–H groups in total. The number of thiazole rings is 1. The lowest BCUT2D eigenvalue weighted by Gasteiger charge is -2.51. The number of halogens is 4. The van der Waals surface area contributed by atoms with Crippen molar-refractivity contribution in [2.75, 3.05) is 51.4 Å². The molecule has 308 valence electrons. The summed E-state index contributed by atoms with van der Waals surface area (Å²) >= 11 is 1.26. The van der Waals surface area contributed by atoms with Crippen LogP contribution in [0.15, 0.2) is 46.8 Å². The number of aromatic nitrogens is 1. The average molecular weight is 838 g/mol. The summed E-state index contributed by atoms with van der Waals surface area (Å²) in [7, 11) is -3.03. The van der Waals surface area contributed by atoms with Crippen LogP contribution in [0.25, 0.3) is 10.2 Å². The van der Waals surface area contributed by atoms with Gasteiger partial charge in [0.1, 0.15) is 23.0 Å². The maximum absolute atomic E-state index is 14.9. The molecule has 4 saturated heterocycles. The second-order valence-corrected chi connectivity index (χ2v) is 18.9. The van der Waals surface area contributed by atoms with Crippen molar-refractivity contribution in [2.45, 2.75) is 74.8 Å². The molecule has 2 bridgehead atoms. The Balaban J connectivity index is 1.07. The number of carbonyl (C=O) groups is 3. The molecular weight excluding hydrogens is 795 g/mol. The van der Waals surface area contributed by atoms with Crippen LogP contribution in [-0.4, -0.2) is 107 Å². The first-order valence-corrected chi connectivity index (χ1v) is 21.2. The van der Waals surface area contributed by atoms with Gasteiger partial charge in [-0.25, -0.2) is 22.5 Å². The number of ether oxygens (including phenoxy) is 3. The average Bonchev–Trinajstić information content (AvgIpc) is 3.71. The van der Waals surface area contributed by atoms with E-state index in [1.54, 1.807) is 17.3 Å². The molecule has 3 atom stereocenters. The van der Waals surface area contributed by atoms with Gasteiger partial charge >= 0.3 is 6.18 Å². The molecule has 6 fully saturated rings. The predicted molar refractivity (Wildman–Crippen MR) is 198 cm³/mol. The number of rotatable bonds is 12. The summed E-state index contributed by atoms with van der Waals surface area (Å²) in [5.41, 5.74) is -1.46. The molecule has 6 aliphatic rings. The third-order valence-electron chi connectivity index (χ3n) is 12.6. The molecule has 2 aliphatic carbocycles. The van der Waals surface area contributed by atoms with Crippen molar-refractivity contribution in [1.82, 2.24) is 19.9 Å². The number of nitrogens with one attached hydrogen (secondary N) is 2. The van der Waals surface area contributed by atoms with Crippen molar-refractivity contribution >= 4 is 55.0 Å². The first kappa shape index (κ1) is 39.7. The topological polar surface area (TPSA) is 156 Å². The molecule has 19 heteroatoms. The Morgan fingerprint density at radius 3 is 2.39 bits per heavy atom. The molecule has 0 unspecified atom stereocenters. The highest BCUT2D eigenvalue weighted by molar-refractivity contribution is 7.90. The predicted octanol–water partition coefficient (Wildman–Crippen LogP) is 4.41. The van der Waals surface area contributed by atoms with Crippen molar-refractivity contribution in [1.29, 1.82) is 0 Å². The summed E-state index contributed by atoms with van der Waals surface area (Å²) in [6, 6.07) is 6.39. The van der Waals surface area contributed by atoms with E-state index in [-0.39, 0.29) is 62.0 Å². The van der Waals surface area contributed by atoms with E-state index in [0.29, 0.717) is 28.3 Å². The minimum Gasteiger partial charge on any atom is -0.497 e. The highest BCUT2D eigenvalue weighted by Gasteiger charge is 2.71. The quantitative estimate of drug-likeness (QED) is 0.251. The normalized spacial score (nSPS) is 25.9. The van der Waals surface area contributed by atoms with Gasteiger partial charge in [0.25, 0.3) is 15.9 Å². The Morgan fingerprint density at radius 2 is 1.77 bits per heavy atom. The van der Waals surface area contributed by atoms with Gasteiger partial charge < -0.3 is 29.3 Å². The van der Waals surface area contributed by atoms with Gasteiger partial charge in [0.05, 0.1) is 64.8 Å². The lowest BCUT2D eigenvalue weighted by molar-refractivity contribution is -0.205. The van der Waals surface area contributed by atoms with E-state index in [2.05, 4.69) is 15.0 Å². The monoisotopic (exact) mass is 837 g/mol. The Morgan fingerprint density at radius 1 is 1.07 bits per heavy atom. The van der Waals surface area contributed by atoms with Crippen molar-refractivity contribution in [3.8, 4) is 5.75 Å². The minimum absolute atomic E-state index is 0.0376. The number of nitrogens with zero attached hydrogens (tertiary/aromatic N) is 3. The fourth-order valence-corrected chi connectivity index (χ4v) is 10.8. The van der Waals surface area contributed by atoms with E-state index in [4.69, 9.17) is 14.2 Å². The number of hydrogen-bond acceptors (Lipinski definition) is 11. The first-order chi connectivity index (χ1) is 27.0. The number of methoxy groups -OCH3 is 1. The van der Waals surface area contributed by atoms with Crippen LogP contribution >= 0.6 is 11.3 Å². The number of hydrogen-bond donors (Lipinski definition) is 2. The summed E-state index contributed by atoms with van der Waals surface area (Å²) in [5.74, 6) is -4.01. The molecule has 13 nitrogen and oxygen atoms in total. The molecule has 3 aromatic rings. The number of amides is 3. The van der Waals surface area contributed by atoms with Crippen LogP contribution in [0.5, 0.6) is 5.75 Å². The van der Waals surface area contributed by atoms with Crippen LogP contribution in [0.2, 0.25) is 0 Å². The maximum Gasteiger partial charge on any atom is 0.403 e. The second kappa shape index (κ2) is 14.3. The molecule has 2 saturated carbocycles. The van der Waals surface area contributed by atoms with Crippen LogP contribution in [0.1, 0.15) is 45.4 Å². The molecule has 2 aromatic carbocycles. The van der Waals surface area contributed by atoms with Crippen LogP contribution < -0.4 is 19.7 Å². The molecule has 9 rings (SSSR count). The van der Waals surface area contributed by atoms with Crippen LogP contribution in [0, 0.1) is 28.0 Å². The van der Waals surface area contributed by atoms with Gasteiger partial charge in [-0.05, 0) is 75.8 Å². The Kier molecular flexibility index (Phi) is 10.00. The lowest BCUT2D eigenvalue weighted by atomic mass is 9.70. The summed E-state index contributed by atoms with van der Waals surface area (Å²) in [6.07, 6.45) is -2.80. The fourth-order valence-electron chi connectivity index (χ4n) is 8.95. The van der Waals surface area contributed by atoms with Crippen LogP contribution in [-0.2, 0) is 33.9 Å². The number of benzene rings is 2. The number of fused-ring (bicyclic) bond motifs is 4. The standard InChI is InChI=1S/C38H43F4N5O8S2/c1-22(54-19-35-9-7-25(8-10-35)55-20-35)30(33(49)45-57(51,52)26-5-3-24(53-2)4-6-26)44-32(48)27-15-46(29-14-23(39)13-28-31(29)56-21-43-28)16-36(27)17-47(18-36)34(50)37(11-12-37)38(40,41)42/h3-6,13-14,21-22,25,27,30H,7-12,15-20H2,1-2H3,(H,44,48)(H,45,49)/t22-,25?,27+,30+,35?/m1/s1. The Bertz CT molecular complexity index is 2150. The minimum atomic E-state index is -4.73. The fraction of sp³-hybridized carbons (Fsp3) is 0.579. The molecule has 1 aromatic heterocycles. The zero-order valence-electron chi connectivity index (χ0n) is 31.3. The summed E-state index contributed by atoms with van der Waals surface area (Å²) in [5, 5.41) is 2.74. The van der Waals surface area contributed by atoms with E-state index in [0.717, 1.165) is 30.6 Å². The first-order valence-electron chi connectivity index (χ1n) is 18.9. The lowest BCUT2D eigenvalue weighted by Crippen LogP contribution is -2.67. The van der Waals surface area contributed by atoms with Gasteiger partial charge in [-0.1, -0.05) is 0 Å². The number of anilines is 1. The number of sulfonamides is 1. The largest absolute Gasteiger partial charge is 0.497 e. The van der Waals surface area contributed by atoms with Crippen molar-refractivity contribution in [2.24, 2.45) is 22.2 Å². The van der Waals surface area contributed by atoms with Gasteiger partial charge in [0, 0.05) is 43.1 Å². The molecule has 4 aliphatic heterocycles. The third-order valence-corrected chi connectivity index (χ3v) is 14.8. The molecular formula is C38H43F4N5O8S2. The van der Waals surface area contributed by atoms with Gasteiger partial charge in [0.2, 0.25) is 11.8 Å². The van der Waals surface area contributed by atoms with Crippen LogP contribution in [0.3, 0.4) is 0 Å². The van der Waals surface area contributed by atoms with Gasteiger partial charge in [-0.3, -0.25) is 14.4 Å². The Hall–Kier alpha value is -4.07. The molecule has 57 heavy (non-hydrogen) atoms. The van der Waals surface area contributed by atoms with Crippen LogP contribution in [0.4, 0.5) is 23.2 Å². The Labute approximate surface area is 330 Å². The number of carbonyl (C=O) groups excluding carboxylic acids is 3. The van der Waals surface area contributed by atoms with Gasteiger partial charge in [0.15, 0.2) is 0 Å². The number of likely N-dealkylation sites (tertiary alicyclic amines) is 1. The van der Waals surface area contributed by atoms with E-state index < -0.39 is 68.6 Å². The van der Waals surface area contributed by atoms with Gasteiger partial charge in [-0.2, -0.15) is 13.2 Å². The SMILES string of the molecule is COc1ccc(S(=O)(=O)NC(=O)[C@@H](NC(=O)[C@@H]2CN(c3cc(F)cc4ncsc34)CC23CN(C(=O)C2(C(F)(F)F)CC2)C3)[C@@H](C)OCC23CCC(CC2)OC3)cc1. The van der Waals surface area contributed by atoms with Crippen molar-refractivity contribution < 1.29 is 54.6 Å². The molecule has 0 radical (unpaired) electrons. The van der Waals surface area contributed by atoms with E-state index in [1.807, 2.05) is 0 Å². The van der Waals surface area contributed by atoms with Gasteiger partial charge in [-0.15, -0.1) is 11.3 Å². The second-order valence-electron chi connectivity index (χ2n) is 16.3. The summed E-state index contributed by atoms with van der Waals surface area (Å²) < 4.78 is 104. The molecule has 5 heterocycles. The molecule has 3 amide bonds. The zero-order valence-corrected chi connectivity index (χ0v) is 32.9. The number of alkyl halides is 3. The smallest absolute Gasteiger partial charge is 0.403 e. The maximum atomic E-state index is 14.9. The molecule has 1 spiro atoms. The van der Waals surface area contributed by atoms with Crippen molar-refractivity contribution in [3.05, 3.63) is 47.7 Å². The summed E-state index contributed by atoms with van der Waals surface area (Å²) in [6.45, 7) is 1.89. The summed E-state index contributed by atoms with van der Waals surface area (Å²) in [4.78, 5) is 48.8. The highest BCUT2D eigenvalue weighted by Crippen LogP contribution is 2.60. The van der Waals surface area contributed by atoms with E-state index in [9.17, 15) is 40.4 Å². The van der Waals surface area contributed by atoms with Crippen molar-refractivity contribution in [3.63, 3.8) is 0 Å². The van der Waals surface area contributed by atoms with E-state index in [1.165, 1.54) is 54.8 Å². The highest BCUT2D eigenvalue weighted by atomic mass is 32.2.